The number of carbonyl (C=O) groups excluding carboxylic acids is 1. The lowest BCUT2D eigenvalue weighted by molar-refractivity contribution is -0.124. The van der Waals surface area contributed by atoms with Gasteiger partial charge in [0, 0.05) is 6.54 Å². The highest BCUT2D eigenvalue weighted by atomic mass is 16.1. The zero-order valence-corrected chi connectivity index (χ0v) is 13.3. The van der Waals surface area contributed by atoms with E-state index in [2.05, 4.69) is 25.7 Å². The van der Waals surface area contributed by atoms with Gasteiger partial charge in [-0.15, -0.1) is 0 Å². The van der Waals surface area contributed by atoms with Gasteiger partial charge in [-0.25, -0.2) is 0 Å². The minimum atomic E-state index is -0.747. The second kappa shape index (κ2) is 5.64. The largest absolute Gasteiger partial charge is 0.368 e. The maximum Gasteiger partial charge on any atom is 0.237 e. The van der Waals surface area contributed by atoms with Gasteiger partial charge in [0.2, 0.25) is 5.91 Å². The zero-order valence-electron chi connectivity index (χ0n) is 13.3. The van der Waals surface area contributed by atoms with E-state index >= 15 is 0 Å². The van der Waals surface area contributed by atoms with Crippen LogP contribution in [0.15, 0.2) is 0 Å². The van der Waals surface area contributed by atoms with Gasteiger partial charge in [0.15, 0.2) is 0 Å². The SMILES string of the molecule is CC(C)(C)C1CCN(CCC2CCCC2(N)C(N)=O)C1. The zero-order chi connectivity index (χ0) is 15.0. The average molecular weight is 281 g/mol. The summed E-state index contributed by atoms with van der Waals surface area (Å²) in [5.74, 6) is 0.743. The first-order chi connectivity index (χ1) is 9.23. The molecule has 0 radical (unpaired) electrons. The summed E-state index contributed by atoms with van der Waals surface area (Å²) in [6, 6.07) is 0. The summed E-state index contributed by atoms with van der Waals surface area (Å²) in [6.45, 7) is 10.4. The van der Waals surface area contributed by atoms with Crippen molar-refractivity contribution in [2.24, 2.45) is 28.7 Å². The van der Waals surface area contributed by atoms with Gasteiger partial charge < -0.3 is 16.4 Å². The summed E-state index contributed by atoms with van der Waals surface area (Å²) in [5, 5.41) is 0. The molecule has 0 aromatic rings. The molecule has 4 nitrogen and oxygen atoms in total. The normalized spacial score (nSPS) is 35.6. The number of nitrogens with zero attached hydrogens (tertiary/aromatic N) is 1. The Balaban J connectivity index is 1.83. The summed E-state index contributed by atoms with van der Waals surface area (Å²) in [4.78, 5) is 14.1. The van der Waals surface area contributed by atoms with Gasteiger partial charge in [-0.05, 0) is 56.0 Å². The molecule has 3 unspecified atom stereocenters. The van der Waals surface area contributed by atoms with Crippen LogP contribution in [0, 0.1) is 17.3 Å². The lowest BCUT2D eigenvalue weighted by Crippen LogP contribution is -2.55. The molecule has 1 aliphatic heterocycles. The van der Waals surface area contributed by atoms with Crippen molar-refractivity contribution in [2.45, 2.75) is 58.4 Å². The molecule has 0 aromatic carbocycles. The highest BCUT2D eigenvalue weighted by Crippen LogP contribution is 2.37. The minimum absolute atomic E-state index is 0.272. The topological polar surface area (TPSA) is 72.3 Å². The summed E-state index contributed by atoms with van der Waals surface area (Å²) in [6.07, 6.45) is 5.15. The van der Waals surface area contributed by atoms with Crippen LogP contribution < -0.4 is 11.5 Å². The molecule has 0 spiro atoms. The molecule has 0 aromatic heterocycles. The van der Waals surface area contributed by atoms with Crippen LogP contribution in [0.4, 0.5) is 0 Å². The highest BCUT2D eigenvalue weighted by molar-refractivity contribution is 5.85. The summed E-state index contributed by atoms with van der Waals surface area (Å²) < 4.78 is 0. The van der Waals surface area contributed by atoms with E-state index in [0.29, 0.717) is 5.41 Å². The average Bonchev–Trinajstić information content (AvgIpc) is 2.93. The molecule has 0 bridgehead atoms. The molecule has 3 atom stereocenters. The number of primary amides is 1. The van der Waals surface area contributed by atoms with Gasteiger partial charge in [0.05, 0.1) is 5.54 Å². The minimum Gasteiger partial charge on any atom is -0.368 e. The number of hydrogen-bond acceptors (Lipinski definition) is 3. The molecule has 2 fully saturated rings. The number of nitrogens with two attached hydrogens (primary N) is 2. The monoisotopic (exact) mass is 281 g/mol. The molecule has 1 aliphatic carbocycles. The Kier molecular flexibility index (Phi) is 4.45. The fourth-order valence-corrected chi connectivity index (χ4v) is 3.91. The Bertz CT molecular complexity index is 363. The van der Waals surface area contributed by atoms with Crippen LogP contribution in [0.1, 0.15) is 52.9 Å². The predicted octanol–water partition coefficient (Wildman–Crippen LogP) is 1.73. The fourth-order valence-electron chi connectivity index (χ4n) is 3.91. The van der Waals surface area contributed by atoms with Crippen molar-refractivity contribution >= 4 is 5.91 Å². The first kappa shape index (κ1) is 15.8. The molecule has 4 N–H and O–H groups in total. The smallest absolute Gasteiger partial charge is 0.237 e. The molecule has 1 amide bonds. The molecule has 2 rings (SSSR count). The second-order valence-electron chi connectivity index (χ2n) is 7.93. The molecule has 4 heteroatoms. The highest BCUT2D eigenvalue weighted by Gasteiger charge is 2.44. The third kappa shape index (κ3) is 3.17. The number of rotatable bonds is 4. The summed E-state index contributed by atoms with van der Waals surface area (Å²) in [5.41, 5.74) is 11.4. The van der Waals surface area contributed by atoms with Gasteiger partial charge in [0.25, 0.3) is 0 Å². The first-order valence-corrected chi connectivity index (χ1v) is 8.04. The number of hydrogen-bond donors (Lipinski definition) is 2. The van der Waals surface area contributed by atoms with E-state index < -0.39 is 5.54 Å². The lowest BCUT2D eigenvalue weighted by atomic mass is 9.80. The van der Waals surface area contributed by atoms with Crippen molar-refractivity contribution in [3.63, 3.8) is 0 Å². The third-order valence-corrected chi connectivity index (χ3v) is 5.62. The molecule has 1 heterocycles. The van der Waals surface area contributed by atoms with Gasteiger partial charge in [-0.2, -0.15) is 0 Å². The molecule has 20 heavy (non-hydrogen) atoms. The Morgan fingerprint density at radius 2 is 2.05 bits per heavy atom. The van der Waals surface area contributed by atoms with E-state index in [1.807, 2.05) is 0 Å². The number of likely N-dealkylation sites (tertiary alicyclic amines) is 1. The molecule has 2 aliphatic rings. The Morgan fingerprint density at radius 1 is 1.35 bits per heavy atom. The molecule has 116 valence electrons. The molecule has 1 saturated carbocycles. The van der Waals surface area contributed by atoms with Crippen LogP contribution in [-0.2, 0) is 4.79 Å². The van der Waals surface area contributed by atoms with Gasteiger partial charge >= 0.3 is 0 Å². The van der Waals surface area contributed by atoms with Gasteiger partial charge in [0.1, 0.15) is 0 Å². The molecular weight excluding hydrogens is 250 g/mol. The standard InChI is InChI=1S/C16H31N3O/c1-15(2,3)13-7-10-19(11-13)9-6-12-5-4-8-16(12,18)14(17)20/h12-13H,4-11,18H2,1-3H3,(H2,17,20). The van der Waals surface area contributed by atoms with Crippen LogP contribution in [0.3, 0.4) is 0 Å². The van der Waals surface area contributed by atoms with E-state index in [1.165, 1.54) is 19.5 Å². The molecule has 1 saturated heterocycles. The van der Waals surface area contributed by atoms with Crippen LogP contribution in [-0.4, -0.2) is 36.0 Å². The van der Waals surface area contributed by atoms with E-state index in [-0.39, 0.29) is 11.8 Å². The molecular formula is C16H31N3O. The van der Waals surface area contributed by atoms with E-state index in [9.17, 15) is 4.79 Å². The van der Waals surface area contributed by atoms with Crippen molar-refractivity contribution in [3.8, 4) is 0 Å². The van der Waals surface area contributed by atoms with E-state index in [0.717, 1.165) is 38.1 Å². The lowest BCUT2D eigenvalue weighted by Gasteiger charge is -2.30. The summed E-state index contributed by atoms with van der Waals surface area (Å²) >= 11 is 0. The quantitative estimate of drug-likeness (QED) is 0.824. The van der Waals surface area contributed by atoms with Gasteiger partial charge in [-0.3, -0.25) is 4.79 Å². The fraction of sp³-hybridized carbons (Fsp3) is 0.938. The van der Waals surface area contributed by atoms with Crippen molar-refractivity contribution in [1.82, 2.24) is 4.90 Å². The Labute approximate surface area is 123 Å². The van der Waals surface area contributed by atoms with E-state index in [1.54, 1.807) is 0 Å². The maximum atomic E-state index is 11.6. The van der Waals surface area contributed by atoms with Crippen LogP contribution in [0.25, 0.3) is 0 Å². The van der Waals surface area contributed by atoms with Crippen LogP contribution >= 0.6 is 0 Å². The van der Waals surface area contributed by atoms with Crippen molar-refractivity contribution in [1.29, 1.82) is 0 Å². The second-order valence-corrected chi connectivity index (χ2v) is 7.93. The Hall–Kier alpha value is -0.610. The van der Waals surface area contributed by atoms with Crippen LogP contribution in [0.5, 0.6) is 0 Å². The summed E-state index contributed by atoms with van der Waals surface area (Å²) in [7, 11) is 0. The van der Waals surface area contributed by atoms with Gasteiger partial charge in [-0.1, -0.05) is 27.2 Å². The first-order valence-electron chi connectivity index (χ1n) is 8.04. The number of carbonyl (C=O) groups is 1. The number of amides is 1. The van der Waals surface area contributed by atoms with Crippen molar-refractivity contribution in [3.05, 3.63) is 0 Å². The Morgan fingerprint density at radius 3 is 2.60 bits per heavy atom. The van der Waals surface area contributed by atoms with Crippen molar-refractivity contribution < 1.29 is 4.79 Å². The van der Waals surface area contributed by atoms with Crippen LogP contribution in [0.2, 0.25) is 0 Å². The maximum absolute atomic E-state index is 11.6. The van der Waals surface area contributed by atoms with E-state index in [4.69, 9.17) is 11.5 Å². The predicted molar refractivity (Wildman–Crippen MR) is 82.1 cm³/mol. The van der Waals surface area contributed by atoms with Crippen molar-refractivity contribution in [2.75, 3.05) is 19.6 Å². The third-order valence-electron chi connectivity index (χ3n) is 5.62.